The van der Waals surface area contributed by atoms with Gasteiger partial charge in [0.1, 0.15) is 12.2 Å². The number of carbonyl (C=O) groups is 2. The SMILES string of the molecule is CC(C)(C)OC(=O)NCCOC(=O)Cc1n[nH]c(=O)c2c1CCCC2. The summed E-state index contributed by atoms with van der Waals surface area (Å²) in [7, 11) is 0. The van der Waals surface area contributed by atoms with E-state index in [1.165, 1.54) is 0 Å². The zero-order valence-corrected chi connectivity index (χ0v) is 14.9. The first kappa shape index (κ1) is 19.0. The summed E-state index contributed by atoms with van der Waals surface area (Å²) in [5.41, 5.74) is 1.43. The van der Waals surface area contributed by atoms with E-state index in [1.54, 1.807) is 20.8 Å². The van der Waals surface area contributed by atoms with Crippen molar-refractivity contribution >= 4 is 12.1 Å². The van der Waals surface area contributed by atoms with Crippen molar-refractivity contribution in [3.05, 3.63) is 27.2 Å². The van der Waals surface area contributed by atoms with Crippen LogP contribution in [0.5, 0.6) is 0 Å². The molecule has 1 aromatic heterocycles. The summed E-state index contributed by atoms with van der Waals surface area (Å²) in [5, 5.41) is 8.96. The Balaban J connectivity index is 1.80. The number of ether oxygens (including phenoxy) is 2. The van der Waals surface area contributed by atoms with Gasteiger partial charge < -0.3 is 14.8 Å². The number of rotatable bonds is 5. The zero-order valence-electron chi connectivity index (χ0n) is 14.9. The number of hydrogen-bond acceptors (Lipinski definition) is 6. The average Bonchev–Trinajstić information content (AvgIpc) is 2.53. The predicted molar refractivity (Wildman–Crippen MR) is 90.4 cm³/mol. The van der Waals surface area contributed by atoms with Crippen molar-refractivity contribution in [3.8, 4) is 0 Å². The Labute approximate surface area is 146 Å². The van der Waals surface area contributed by atoms with Crippen LogP contribution in [0.1, 0.15) is 50.4 Å². The monoisotopic (exact) mass is 351 g/mol. The highest BCUT2D eigenvalue weighted by Gasteiger charge is 2.20. The number of nitrogens with zero attached hydrogens (tertiary/aromatic N) is 1. The highest BCUT2D eigenvalue weighted by molar-refractivity contribution is 5.72. The molecule has 0 radical (unpaired) electrons. The Bertz CT molecular complexity index is 691. The minimum atomic E-state index is -0.574. The Hall–Kier alpha value is -2.38. The first-order valence-electron chi connectivity index (χ1n) is 8.48. The van der Waals surface area contributed by atoms with Gasteiger partial charge in [-0.2, -0.15) is 5.10 Å². The number of nitrogens with one attached hydrogen (secondary N) is 2. The smallest absolute Gasteiger partial charge is 0.407 e. The fourth-order valence-corrected chi connectivity index (χ4v) is 2.69. The van der Waals surface area contributed by atoms with Crippen molar-refractivity contribution in [3.63, 3.8) is 0 Å². The van der Waals surface area contributed by atoms with Crippen LogP contribution in [0, 0.1) is 0 Å². The summed E-state index contributed by atoms with van der Waals surface area (Å²) >= 11 is 0. The van der Waals surface area contributed by atoms with E-state index in [0.717, 1.165) is 36.8 Å². The van der Waals surface area contributed by atoms with E-state index in [1.807, 2.05) is 0 Å². The van der Waals surface area contributed by atoms with E-state index in [2.05, 4.69) is 15.5 Å². The molecule has 0 atom stereocenters. The number of aromatic nitrogens is 2. The molecule has 0 spiro atoms. The van der Waals surface area contributed by atoms with E-state index >= 15 is 0 Å². The Morgan fingerprint density at radius 3 is 2.56 bits per heavy atom. The molecule has 2 rings (SSSR count). The second-order valence-electron chi connectivity index (χ2n) is 6.99. The topological polar surface area (TPSA) is 110 Å². The predicted octanol–water partition coefficient (Wildman–Crippen LogP) is 1.26. The van der Waals surface area contributed by atoms with Gasteiger partial charge in [0.15, 0.2) is 0 Å². The summed E-state index contributed by atoms with van der Waals surface area (Å²) in [4.78, 5) is 35.2. The molecular formula is C17H25N3O5. The van der Waals surface area contributed by atoms with Crippen molar-refractivity contribution < 1.29 is 19.1 Å². The maximum atomic E-state index is 12.0. The zero-order chi connectivity index (χ0) is 18.4. The van der Waals surface area contributed by atoms with Gasteiger partial charge in [0.2, 0.25) is 0 Å². The molecule has 1 aliphatic carbocycles. The molecule has 1 aliphatic rings. The minimum Gasteiger partial charge on any atom is -0.464 e. The molecule has 1 aromatic rings. The molecule has 1 amide bonds. The summed E-state index contributed by atoms with van der Waals surface area (Å²) < 4.78 is 10.2. The molecule has 0 unspecified atom stereocenters. The van der Waals surface area contributed by atoms with Crippen molar-refractivity contribution in [2.24, 2.45) is 0 Å². The van der Waals surface area contributed by atoms with Gasteiger partial charge in [0.05, 0.1) is 18.7 Å². The van der Waals surface area contributed by atoms with Crippen LogP contribution in [0.2, 0.25) is 0 Å². The van der Waals surface area contributed by atoms with E-state index < -0.39 is 17.7 Å². The third-order valence-corrected chi connectivity index (χ3v) is 3.73. The molecular weight excluding hydrogens is 326 g/mol. The summed E-state index contributed by atoms with van der Waals surface area (Å²) in [6.45, 7) is 5.51. The van der Waals surface area contributed by atoms with Gasteiger partial charge in [-0.15, -0.1) is 0 Å². The van der Waals surface area contributed by atoms with Gasteiger partial charge in [-0.3, -0.25) is 9.59 Å². The fourth-order valence-electron chi connectivity index (χ4n) is 2.69. The van der Waals surface area contributed by atoms with Gasteiger partial charge in [0, 0.05) is 5.56 Å². The maximum Gasteiger partial charge on any atom is 0.407 e. The molecule has 0 saturated carbocycles. The molecule has 25 heavy (non-hydrogen) atoms. The van der Waals surface area contributed by atoms with Crippen LogP contribution in [0.25, 0.3) is 0 Å². The van der Waals surface area contributed by atoms with Crippen LogP contribution < -0.4 is 10.9 Å². The molecule has 8 heteroatoms. The van der Waals surface area contributed by atoms with E-state index in [9.17, 15) is 14.4 Å². The minimum absolute atomic E-state index is 0.00551. The van der Waals surface area contributed by atoms with Crippen LogP contribution in [-0.4, -0.2) is 41.0 Å². The lowest BCUT2D eigenvalue weighted by Gasteiger charge is -2.19. The van der Waals surface area contributed by atoms with Crippen molar-refractivity contribution in [2.45, 2.75) is 58.5 Å². The number of fused-ring (bicyclic) bond motifs is 1. The second kappa shape index (κ2) is 8.13. The Kier molecular flexibility index (Phi) is 6.17. The van der Waals surface area contributed by atoms with E-state index in [-0.39, 0.29) is 25.1 Å². The average molecular weight is 351 g/mol. The molecule has 0 saturated heterocycles. The molecule has 0 aromatic carbocycles. The molecule has 0 bridgehead atoms. The summed E-state index contributed by atoms with van der Waals surface area (Å²) in [6, 6.07) is 0. The van der Waals surface area contributed by atoms with Crippen LogP contribution in [0.4, 0.5) is 4.79 Å². The molecule has 8 nitrogen and oxygen atoms in total. The summed E-state index contributed by atoms with van der Waals surface area (Å²) in [6.07, 6.45) is 2.88. The van der Waals surface area contributed by atoms with Gasteiger partial charge in [-0.25, -0.2) is 9.89 Å². The highest BCUT2D eigenvalue weighted by atomic mass is 16.6. The molecule has 2 N–H and O–H groups in total. The largest absolute Gasteiger partial charge is 0.464 e. The normalized spacial score (nSPS) is 13.7. The number of alkyl carbamates (subject to hydrolysis) is 1. The second-order valence-corrected chi connectivity index (χ2v) is 6.99. The van der Waals surface area contributed by atoms with Crippen LogP contribution in [0.15, 0.2) is 4.79 Å². The van der Waals surface area contributed by atoms with Gasteiger partial charge in [0.25, 0.3) is 5.56 Å². The van der Waals surface area contributed by atoms with Crippen LogP contribution >= 0.6 is 0 Å². The maximum absolute atomic E-state index is 12.0. The molecule has 138 valence electrons. The number of esters is 1. The highest BCUT2D eigenvalue weighted by Crippen LogP contribution is 2.20. The number of amides is 1. The van der Waals surface area contributed by atoms with Crippen LogP contribution in [0.3, 0.4) is 0 Å². The number of H-pyrrole nitrogens is 1. The lowest BCUT2D eigenvalue weighted by atomic mass is 9.91. The lowest BCUT2D eigenvalue weighted by Crippen LogP contribution is -2.34. The van der Waals surface area contributed by atoms with Gasteiger partial charge >= 0.3 is 12.1 Å². The van der Waals surface area contributed by atoms with Crippen LogP contribution in [-0.2, 0) is 33.5 Å². The van der Waals surface area contributed by atoms with Crippen molar-refractivity contribution in [2.75, 3.05) is 13.2 Å². The van der Waals surface area contributed by atoms with Gasteiger partial charge in [-0.1, -0.05) is 0 Å². The molecule has 0 aliphatic heterocycles. The first-order chi connectivity index (χ1) is 11.8. The molecule has 0 fully saturated rings. The van der Waals surface area contributed by atoms with Gasteiger partial charge in [-0.05, 0) is 52.0 Å². The fraction of sp³-hybridized carbons (Fsp3) is 0.647. The Morgan fingerprint density at radius 1 is 1.20 bits per heavy atom. The third-order valence-electron chi connectivity index (χ3n) is 3.73. The van der Waals surface area contributed by atoms with Crippen molar-refractivity contribution in [1.82, 2.24) is 15.5 Å². The van der Waals surface area contributed by atoms with E-state index in [0.29, 0.717) is 5.69 Å². The number of hydrogen-bond donors (Lipinski definition) is 2. The van der Waals surface area contributed by atoms with E-state index in [4.69, 9.17) is 9.47 Å². The summed E-state index contributed by atoms with van der Waals surface area (Å²) in [5.74, 6) is -0.446. The Morgan fingerprint density at radius 2 is 1.88 bits per heavy atom. The third kappa shape index (κ3) is 5.88. The molecule has 1 heterocycles. The number of carbonyl (C=O) groups excluding carboxylic acids is 2. The van der Waals surface area contributed by atoms with Crippen molar-refractivity contribution in [1.29, 1.82) is 0 Å². The number of aromatic amines is 1. The lowest BCUT2D eigenvalue weighted by molar-refractivity contribution is -0.142. The quantitative estimate of drug-likeness (QED) is 0.610. The standard InChI is InChI=1S/C17H25N3O5/c1-17(2,3)25-16(23)18-8-9-24-14(21)10-13-11-6-4-5-7-12(11)15(22)20-19-13/h4-10H2,1-3H3,(H,18,23)(H,20,22). The first-order valence-corrected chi connectivity index (χ1v) is 8.48.